The molecule has 22 heavy (non-hydrogen) atoms. The summed E-state index contributed by atoms with van der Waals surface area (Å²) in [6.07, 6.45) is -8.09. The summed E-state index contributed by atoms with van der Waals surface area (Å²) in [7, 11) is 0. The first-order valence-electron chi connectivity index (χ1n) is 6.44. The molecule has 0 saturated heterocycles. The van der Waals surface area contributed by atoms with Crippen LogP contribution < -0.4 is 0 Å². The Balaban J connectivity index is 3.05. The lowest BCUT2D eigenvalue weighted by Gasteiger charge is -2.13. The largest absolute Gasteiger partial charge is 0.416 e. The topological polar surface area (TPSA) is 17.1 Å². The number of hydrogen-bond donors (Lipinski definition) is 0. The minimum Gasteiger partial charge on any atom is -0.294 e. The highest BCUT2D eigenvalue weighted by Crippen LogP contribution is 2.36. The molecule has 0 bridgehead atoms. The van der Waals surface area contributed by atoms with Crippen LogP contribution >= 0.6 is 15.9 Å². The third-order valence-electron chi connectivity index (χ3n) is 2.95. The van der Waals surface area contributed by atoms with Crippen molar-refractivity contribution in [3.8, 4) is 0 Å². The van der Waals surface area contributed by atoms with Crippen LogP contribution in [-0.2, 0) is 12.4 Å². The highest BCUT2D eigenvalue weighted by molar-refractivity contribution is 9.09. The molecule has 0 spiro atoms. The van der Waals surface area contributed by atoms with Crippen LogP contribution in [0.5, 0.6) is 0 Å². The van der Waals surface area contributed by atoms with E-state index < -0.39 is 34.8 Å². The maximum Gasteiger partial charge on any atom is 0.416 e. The van der Waals surface area contributed by atoms with E-state index in [1.165, 1.54) is 0 Å². The van der Waals surface area contributed by atoms with Crippen molar-refractivity contribution in [2.24, 2.45) is 0 Å². The van der Waals surface area contributed by atoms with E-state index in [2.05, 4.69) is 15.9 Å². The SMILES string of the molecule is O=C(CCCCCBr)c1cc(C(F)(F)F)cc(C(F)(F)F)c1. The molecule has 0 aromatic heterocycles. The molecule has 0 aliphatic rings. The molecule has 1 rings (SSSR count). The molecule has 0 amide bonds. The summed E-state index contributed by atoms with van der Waals surface area (Å²) in [5.41, 5.74) is -3.49. The van der Waals surface area contributed by atoms with Gasteiger partial charge in [-0.3, -0.25) is 4.79 Å². The summed E-state index contributed by atoms with van der Waals surface area (Å²) in [6, 6.07) is 0.964. The number of Topliss-reactive ketones (excluding diaryl/α,β-unsaturated/α-hetero) is 1. The highest BCUT2D eigenvalue weighted by Gasteiger charge is 2.37. The Labute approximate surface area is 131 Å². The molecule has 1 aromatic carbocycles. The monoisotopic (exact) mass is 390 g/mol. The first-order chi connectivity index (χ1) is 10.1. The summed E-state index contributed by atoms with van der Waals surface area (Å²) in [5, 5.41) is 0.725. The minimum atomic E-state index is -4.94. The molecule has 124 valence electrons. The van der Waals surface area contributed by atoms with E-state index in [0.717, 1.165) is 11.8 Å². The van der Waals surface area contributed by atoms with Crippen molar-refractivity contribution in [1.82, 2.24) is 0 Å². The van der Waals surface area contributed by atoms with Crippen LogP contribution in [0, 0.1) is 0 Å². The van der Waals surface area contributed by atoms with Crippen molar-refractivity contribution in [1.29, 1.82) is 0 Å². The van der Waals surface area contributed by atoms with Crippen molar-refractivity contribution in [3.05, 3.63) is 34.9 Å². The second-order valence-corrected chi connectivity index (χ2v) is 5.51. The Hall–Kier alpha value is -1.05. The van der Waals surface area contributed by atoms with Gasteiger partial charge in [0.1, 0.15) is 0 Å². The number of benzene rings is 1. The van der Waals surface area contributed by atoms with Crippen molar-refractivity contribution < 1.29 is 31.1 Å². The molecule has 0 aliphatic carbocycles. The van der Waals surface area contributed by atoms with E-state index in [-0.39, 0.29) is 12.5 Å². The van der Waals surface area contributed by atoms with Gasteiger partial charge < -0.3 is 0 Å². The molecule has 0 N–H and O–H groups in total. The van der Waals surface area contributed by atoms with Gasteiger partial charge in [0.25, 0.3) is 0 Å². The predicted molar refractivity (Wildman–Crippen MR) is 73.0 cm³/mol. The van der Waals surface area contributed by atoms with Crippen LogP contribution in [0.3, 0.4) is 0 Å². The summed E-state index contributed by atoms with van der Waals surface area (Å²) in [5.74, 6) is -0.717. The van der Waals surface area contributed by atoms with E-state index in [1.54, 1.807) is 0 Å². The third-order valence-corrected chi connectivity index (χ3v) is 3.51. The van der Waals surface area contributed by atoms with E-state index in [0.29, 0.717) is 25.0 Å². The number of halogens is 7. The fourth-order valence-corrected chi connectivity index (χ4v) is 2.21. The lowest BCUT2D eigenvalue weighted by molar-refractivity contribution is -0.143. The fourth-order valence-electron chi connectivity index (χ4n) is 1.82. The standard InChI is InChI=1S/C14H13BrF6O/c15-5-3-1-2-4-12(22)9-6-10(13(16,17)18)8-11(7-9)14(19,20)21/h6-8H,1-5H2. The van der Waals surface area contributed by atoms with Crippen molar-refractivity contribution in [2.45, 2.75) is 38.0 Å². The number of carbonyl (C=O) groups excluding carboxylic acids is 1. The predicted octanol–water partition coefficient (Wildman–Crippen LogP) is 5.86. The minimum absolute atomic E-state index is 0.0155. The zero-order valence-corrected chi connectivity index (χ0v) is 12.9. The molecular weight excluding hydrogens is 378 g/mol. The number of unbranched alkanes of at least 4 members (excludes halogenated alkanes) is 2. The highest BCUT2D eigenvalue weighted by atomic mass is 79.9. The summed E-state index contributed by atoms with van der Waals surface area (Å²) < 4.78 is 76.0. The van der Waals surface area contributed by atoms with Gasteiger partial charge in [0.05, 0.1) is 11.1 Å². The van der Waals surface area contributed by atoms with Gasteiger partial charge in [-0.15, -0.1) is 0 Å². The first-order valence-corrected chi connectivity index (χ1v) is 7.56. The Morgan fingerprint density at radius 1 is 0.864 bits per heavy atom. The number of alkyl halides is 7. The van der Waals surface area contributed by atoms with Crippen molar-refractivity contribution in [2.75, 3.05) is 5.33 Å². The van der Waals surface area contributed by atoms with Gasteiger partial charge >= 0.3 is 12.4 Å². The lowest BCUT2D eigenvalue weighted by Crippen LogP contribution is -2.13. The zero-order valence-electron chi connectivity index (χ0n) is 11.3. The van der Waals surface area contributed by atoms with Gasteiger partial charge in [-0.25, -0.2) is 0 Å². The molecule has 1 nitrogen and oxygen atoms in total. The van der Waals surface area contributed by atoms with Gasteiger partial charge in [0.15, 0.2) is 5.78 Å². The van der Waals surface area contributed by atoms with Crippen LogP contribution in [0.1, 0.15) is 47.2 Å². The van der Waals surface area contributed by atoms with Crippen molar-refractivity contribution >= 4 is 21.7 Å². The molecule has 0 saturated carbocycles. The van der Waals surface area contributed by atoms with Crippen LogP contribution in [0.4, 0.5) is 26.3 Å². The quantitative estimate of drug-likeness (QED) is 0.257. The molecule has 0 unspecified atom stereocenters. The Morgan fingerprint density at radius 3 is 1.77 bits per heavy atom. The van der Waals surface area contributed by atoms with Crippen LogP contribution in [-0.4, -0.2) is 11.1 Å². The average molecular weight is 391 g/mol. The smallest absolute Gasteiger partial charge is 0.294 e. The van der Waals surface area contributed by atoms with E-state index >= 15 is 0 Å². The number of hydrogen-bond acceptors (Lipinski definition) is 1. The normalized spacial score (nSPS) is 12.5. The number of ketones is 1. The maximum atomic E-state index is 12.7. The van der Waals surface area contributed by atoms with Gasteiger partial charge in [-0.2, -0.15) is 26.3 Å². The molecule has 0 heterocycles. The molecule has 1 aromatic rings. The molecule has 0 aliphatic heterocycles. The van der Waals surface area contributed by atoms with Gasteiger partial charge in [0, 0.05) is 17.3 Å². The van der Waals surface area contributed by atoms with Crippen LogP contribution in [0.25, 0.3) is 0 Å². The Bertz CT molecular complexity index is 489. The second kappa shape index (κ2) is 7.48. The Morgan fingerprint density at radius 2 is 1.36 bits per heavy atom. The molecular formula is C14H13BrF6O. The maximum absolute atomic E-state index is 12.7. The molecule has 0 atom stereocenters. The van der Waals surface area contributed by atoms with Crippen LogP contribution in [0.2, 0.25) is 0 Å². The lowest BCUT2D eigenvalue weighted by atomic mass is 9.99. The zero-order chi connectivity index (χ0) is 17.0. The van der Waals surface area contributed by atoms with Gasteiger partial charge in [-0.1, -0.05) is 22.4 Å². The number of rotatable bonds is 6. The van der Waals surface area contributed by atoms with Crippen molar-refractivity contribution in [3.63, 3.8) is 0 Å². The second-order valence-electron chi connectivity index (χ2n) is 4.72. The first kappa shape index (κ1) is 19.0. The van der Waals surface area contributed by atoms with Gasteiger partial charge in [0.2, 0.25) is 0 Å². The van der Waals surface area contributed by atoms with Gasteiger partial charge in [-0.05, 0) is 31.0 Å². The summed E-state index contributed by atoms with van der Waals surface area (Å²) in [4.78, 5) is 11.8. The average Bonchev–Trinajstić information content (AvgIpc) is 2.41. The molecule has 0 radical (unpaired) electrons. The Kier molecular flexibility index (Phi) is 6.46. The van der Waals surface area contributed by atoms with E-state index in [9.17, 15) is 31.1 Å². The molecule has 8 heteroatoms. The van der Waals surface area contributed by atoms with E-state index in [4.69, 9.17) is 0 Å². The molecule has 0 fully saturated rings. The van der Waals surface area contributed by atoms with E-state index in [1.807, 2.05) is 0 Å². The number of carbonyl (C=O) groups is 1. The summed E-state index contributed by atoms with van der Waals surface area (Å²) >= 11 is 3.19. The third kappa shape index (κ3) is 5.62. The van der Waals surface area contributed by atoms with Crippen LogP contribution in [0.15, 0.2) is 18.2 Å². The fraction of sp³-hybridized carbons (Fsp3) is 0.500. The summed E-state index contributed by atoms with van der Waals surface area (Å²) in [6.45, 7) is 0.